The largest absolute Gasteiger partial charge is 0.355 e. The van der Waals surface area contributed by atoms with Gasteiger partial charge in [-0.1, -0.05) is 23.7 Å². The van der Waals surface area contributed by atoms with Crippen LogP contribution in [0.15, 0.2) is 36.5 Å². The van der Waals surface area contributed by atoms with Gasteiger partial charge in [0.15, 0.2) is 5.65 Å². The first kappa shape index (κ1) is 17.1. The Bertz CT molecular complexity index is 965. The third-order valence-corrected chi connectivity index (χ3v) is 5.23. The molecule has 7 heteroatoms. The van der Waals surface area contributed by atoms with Gasteiger partial charge in [0.1, 0.15) is 17.2 Å². The molecule has 3 heterocycles. The first-order chi connectivity index (χ1) is 12.4. The van der Waals surface area contributed by atoms with Gasteiger partial charge in [0, 0.05) is 24.2 Å². The standard InChI is InChI=1S/C19H19ClFN5/c1-19(22)7-9-26(10-8-19)16-11-23-18-15(24-16)6-5-14(25-18)12-3-2-4-13(21)17(12)20/h2-6,11H,7-10,22H2,1H3. The molecule has 26 heavy (non-hydrogen) atoms. The van der Waals surface area contributed by atoms with Crippen molar-refractivity contribution >= 4 is 28.6 Å². The number of benzene rings is 1. The molecule has 2 N–H and O–H groups in total. The molecular formula is C19H19ClFN5. The zero-order chi connectivity index (χ0) is 18.3. The highest BCUT2D eigenvalue weighted by atomic mass is 35.5. The van der Waals surface area contributed by atoms with Crippen LogP contribution in [0.1, 0.15) is 19.8 Å². The summed E-state index contributed by atoms with van der Waals surface area (Å²) in [5.74, 6) is 0.357. The summed E-state index contributed by atoms with van der Waals surface area (Å²) in [5, 5.41) is 0.0575. The van der Waals surface area contributed by atoms with Crippen LogP contribution in [-0.2, 0) is 0 Å². The molecule has 1 aromatic carbocycles. The van der Waals surface area contributed by atoms with Crippen molar-refractivity contribution in [2.75, 3.05) is 18.0 Å². The van der Waals surface area contributed by atoms with Crippen LogP contribution in [0.25, 0.3) is 22.4 Å². The Morgan fingerprint density at radius 3 is 2.69 bits per heavy atom. The maximum absolute atomic E-state index is 13.7. The summed E-state index contributed by atoms with van der Waals surface area (Å²) < 4.78 is 13.7. The average Bonchev–Trinajstić information content (AvgIpc) is 2.63. The Morgan fingerprint density at radius 2 is 1.92 bits per heavy atom. The molecule has 0 saturated carbocycles. The molecule has 5 nitrogen and oxygen atoms in total. The fraction of sp³-hybridized carbons (Fsp3) is 0.316. The molecule has 1 saturated heterocycles. The molecular weight excluding hydrogens is 353 g/mol. The van der Waals surface area contributed by atoms with E-state index in [1.807, 2.05) is 6.07 Å². The number of fused-ring (bicyclic) bond motifs is 1. The Kier molecular flexibility index (Phi) is 4.25. The normalized spacial score (nSPS) is 16.8. The van der Waals surface area contributed by atoms with Gasteiger partial charge < -0.3 is 10.6 Å². The molecule has 1 fully saturated rings. The van der Waals surface area contributed by atoms with Crippen LogP contribution in [0.4, 0.5) is 10.2 Å². The number of hydrogen-bond acceptors (Lipinski definition) is 5. The molecule has 4 rings (SSSR count). The van der Waals surface area contributed by atoms with Gasteiger partial charge in [-0.05, 0) is 38.0 Å². The lowest BCUT2D eigenvalue weighted by molar-refractivity contribution is 0.363. The van der Waals surface area contributed by atoms with E-state index in [0.717, 1.165) is 31.7 Å². The lowest BCUT2D eigenvalue weighted by Crippen LogP contribution is -2.48. The number of nitrogens with zero attached hydrogens (tertiary/aromatic N) is 4. The minimum atomic E-state index is -0.468. The highest BCUT2D eigenvalue weighted by Gasteiger charge is 2.26. The van der Waals surface area contributed by atoms with Crippen molar-refractivity contribution in [1.82, 2.24) is 15.0 Å². The number of piperidine rings is 1. The molecule has 0 spiro atoms. The van der Waals surface area contributed by atoms with E-state index in [1.165, 1.54) is 6.07 Å². The predicted molar refractivity (Wildman–Crippen MR) is 102 cm³/mol. The molecule has 0 bridgehead atoms. The highest BCUT2D eigenvalue weighted by molar-refractivity contribution is 6.33. The minimum Gasteiger partial charge on any atom is -0.355 e. The van der Waals surface area contributed by atoms with E-state index >= 15 is 0 Å². The lowest BCUT2D eigenvalue weighted by Gasteiger charge is -2.37. The summed E-state index contributed by atoms with van der Waals surface area (Å²) >= 11 is 6.06. The Balaban J connectivity index is 1.66. The van der Waals surface area contributed by atoms with Crippen molar-refractivity contribution in [3.05, 3.63) is 47.4 Å². The van der Waals surface area contributed by atoms with E-state index in [2.05, 4.69) is 26.8 Å². The SMILES string of the molecule is CC1(N)CCN(c2cnc3nc(-c4cccc(F)c4Cl)ccc3n2)CC1. The van der Waals surface area contributed by atoms with E-state index in [-0.39, 0.29) is 10.6 Å². The Morgan fingerprint density at radius 1 is 1.15 bits per heavy atom. The van der Waals surface area contributed by atoms with Crippen molar-refractivity contribution in [3.63, 3.8) is 0 Å². The summed E-state index contributed by atoms with van der Waals surface area (Å²) in [5.41, 5.74) is 8.39. The lowest BCUT2D eigenvalue weighted by atomic mass is 9.91. The van der Waals surface area contributed by atoms with Crippen molar-refractivity contribution in [1.29, 1.82) is 0 Å². The first-order valence-corrected chi connectivity index (χ1v) is 8.93. The van der Waals surface area contributed by atoms with Crippen LogP contribution < -0.4 is 10.6 Å². The van der Waals surface area contributed by atoms with Crippen LogP contribution in [-0.4, -0.2) is 33.6 Å². The molecule has 134 valence electrons. The summed E-state index contributed by atoms with van der Waals surface area (Å²) in [6.07, 6.45) is 3.56. The molecule has 3 aromatic rings. The number of aromatic nitrogens is 3. The average molecular weight is 372 g/mol. The topological polar surface area (TPSA) is 67.9 Å². The van der Waals surface area contributed by atoms with E-state index < -0.39 is 5.82 Å². The van der Waals surface area contributed by atoms with Crippen molar-refractivity contribution in [2.45, 2.75) is 25.3 Å². The number of anilines is 1. The van der Waals surface area contributed by atoms with Gasteiger partial charge in [0.25, 0.3) is 0 Å². The van der Waals surface area contributed by atoms with E-state index in [0.29, 0.717) is 22.4 Å². The van der Waals surface area contributed by atoms with Crippen LogP contribution in [0.2, 0.25) is 5.02 Å². The summed E-state index contributed by atoms with van der Waals surface area (Å²) in [7, 11) is 0. The smallest absolute Gasteiger partial charge is 0.178 e. The van der Waals surface area contributed by atoms with Crippen LogP contribution in [0, 0.1) is 5.82 Å². The van der Waals surface area contributed by atoms with E-state index in [4.69, 9.17) is 17.3 Å². The zero-order valence-corrected chi connectivity index (χ0v) is 15.2. The molecule has 1 aliphatic heterocycles. The predicted octanol–water partition coefficient (Wildman–Crippen LogP) is 3.80. The molecule has 0 aliphatic carbocycles. The first-order valence-electron chi connectivity index (χ1n) is 8.55. The molecule has 0 atom stereocenters. The number of nitrogens with two attached hydrogens (primary N) is 1. The number of halogens is 2. The second-order valence-electron chi connectivity index (χ2n) is 7.01. The van der Waals surface area contributed by atoms with Gasteiger partial charge in [-0.25, -0.2) is 19.3 Å². The maximum atomic E-state index is 13.7. The molecule has 0 amide bonds. The number of rotatable bonds is 2. The van der Waals surface area contributed by atoms with E-state index in [1.54, 1.807) is 24.4 Å². The number of pyridine rings is 1. The van der Waals surface area contributed by atoms with Crippen LogP contribution in [0.3, 0.4) is 0 Å². The maximum Gasteiger partial charge on any atom is 0.178 e. The van der Waals surface area contributed by atoms with Crippen molar-refractivity contribution in [2.24, 2.45) is 5.73 Å². The Labute approximate surface area is 156 Å². The minimum absolute atomic E-state index is 0.0575. The summed E-state index contributed by atoms with van der Waals surface area (Å²) in [6, 6.07) is 8.29. The van der Waals surface area contributed by atoms with Crippen LogP contribution in [0.5, 0.6) is 0 Å². The molecule has 0 unspecified atom stereocenters. The Hall–Kier alpha value is -2.31. The van der Waals surface area contributed by atoms with Crippen LogP contribution >= 0.6 is 11.6 Å². The summed E-state index contributed by atoms with van der Waals surface area (Å²) in [4.78, 5) is 15.8. The van der Waals surface area contributed by atoms with Crippen molar-refractivity contribution < 1.29 is 4.39 Å². The molecule has 1 aliphatic rings. The van der Waals surface area contributed by atoms with Gasteiger partial charge in [-0.3, -0.25) is 0 Å². The quantitative estimate of drug-likeness (QED) is 0.742. The highest BCUT2D eigenvalue weighted by Crippen LogP contribution is 2.30. The monoisotopic (exact) mass is 371 g/mol. The second kappa shape index (κ2) is 6.45. The van der Waals surface area contributed by atoms with Gasteiger partial charge >= 0.3 is 0 Å². The second-order valence-corrected chi connectivity index (χ2v) is 7.39. The van der Waals surface area contributed by atoms with Gasteiger partial charge in [0.2, 0.25) is 0 Å². The third-order valence-electron chi connectivity index (χ3n) is 4.85. The van der Waals surface area contributed by atoms with Gasteiger partial charge in [0.05, 0.1) is 16.9 Å². The van der Waals surface area contributed by atoms with Gasteiger partial charge in [-0.2, -0.15) is 0 Å². The number of hydrogen-bond donors (Lipinski definition) is 1. The molecule has 0 radical (unpaired) electrons. The fourth-order valence-electron chi connectivity index (χ4n) is 3.15. The zero-order valence-electron chi connectivity index (χ0n) is 14.4. The third kappa shape index (κ3) is 3.22. The van der Waals surface area contributed by atoms with E-state index in [9.17, 15) is 4.39 Å². The van der Waals surface area contributed by atoms with Gasteiger partial charge in [-0.15, -0.1) is 0 Å². The van der Waals surface area contributed by atoms with Crippen molar-refractivity contribution in [3.8, 4) is 11.3 Å². The fourth-order valence-corrected chi connectivity index (χ4v) is 3.37. The summed E-state index contributed by atoms with van der Waals surface area (Å²) in [6.45, 7) is 3.80. The molecule has 2 aromatic heterocycles.